The van der Waals surface area contributed by atoms with E-state index in [2.05, 4.69) is 76.7 Å². The maximum Gasteiger partial charge on any atom is 0.101 e. The first kappa shape index (κ1) is 21.0. The van der Waals surface area contributed by atoms with Gasteiger partial charge in [0.15, 0.2) is 0 Å². The number of benzene rings is 5. The Morgan fingerprint density at radius 1 is 0.514 bits per heavy atom. The van der Waals surface area contributed by atoms with Crippen LogP contribution in [0.2, 0.25) is 0 Å². The first-order valence-corrected chi connectivity index (χ1v) is 12.2. The summed E-state index contributed by atoms with van der Waals surface area (Å²) in [6, 6.07) is 39.6. The van der Waals surface area contributed by atoms with Crippen molar-refractivity contribution in [2.75, 3.05) is 0 Å². The quantitative estimate of drug-likeness (QED) is 0.256. The standard InChI is InChI=1S/C33H20N4/c1-21-14-15-32-28(16-21)27-10-4-7-13-31(27)37(32)33-22(19-34)17-24(18-23(33)20-35)36-29-11-5-2-8-25(29)26-9-3-6-12-30(26)36/h2-18H,1H3. The van der Waals surface area contributed by atoms with Gasteiger partial charge in [-0.1, -0.05) is 66.2 Å². The summed E-state index contributed by atoms with van der Waals surface area (Å²) in [5.41, 5.74) is 7.52. The Hall–Kier alpha value is -5.32. The summed E-state index contributed by atoms with van der Waals surface area (Å²) in [7, 11) is 0. The summed E-state index contributed by atoms with van der Waals surface area (Å²) < 4.78 is 4.21. The zero-order chi connectivity index (χ0) is 25.1. The molecule has 7 rings (SSSR count). The Morgan fingerprint density at radius 3 is 1.51 bits per heavy atom. The third-order valence-electron chi connectivity index (χ3n) is 7.23. The molecule has 0 aliphatic rings. The lowest BCUT2D eigenvalue weighted by molar-refractivity contribution is 1.12. The van der Waals surface area contributed by atoms with Crippen LogP contribution in [-0.4, -0.2) is 9.13 Å². The van der Waals surface area contributed by atoms with Crippen molar-refractivity contribution in [3.8, 4) is 23.5 Å². The second-order valence-corrected chi connectivity index (χ2v) is 9.36. The van der Waals surface area contributed by atoms with Crippen molar-refractivity contribution in [1.29, 1.82) is 10.5 Å². The molecule has 0 saturated heterocycles. The van der Waals surface area contributed by atoms with E-state index in [4.69, 9.17) is 0 Å². The van der Waals surface area contributed by atoms with Gasteiger partial charge in [0.05, 0.1) is 38.9 Å². The second-order valence-electron chi connectivity index (χ2n) is 9.36. The lowest BCUT2D eigenvalue weighted by Crippen LogP contribution is -2.04. The minimum Gasteiger partial charge on any atom is -0.309 e. The monoisotopic (exact) mass is 472 g/mol. The molecule has 0 saturated carbocycles. The molecule has 0 atom stereocenters. The van der Waals surface area contributed by atoms with Gasteiger partial charge in [0.2, 0.25) is 0 Å². The largest absolute Gasteiger partial charge is 0.309 e. The normalized spacial score (nSPS) is 11.3. The molecule has 4 nitrogen and oxygen atoms in total. The highest BCUT2D eigenvalue weighted by molar-refractivity contribution is 6.11. The molecule has 37 heavy (non-hydrogen) atoms. The molecule has 0 aliphatic heterocycles. The van der Waals surface area contributed by atoms with Crippen LogP contribution in [0.15, 0.2) is 103 Å². The van der Waals surface area contributed by atoms with Gasteiger partial charge in [-0.05, 0) is 49.4 Å². The molecule has 0 N–H and O–H groups in total. The van der Waals surface area contributed by atoms with E-state index in [9.17, 15) is 10.5 Å². The van der Waals surface area contributed by atoms with Crippen LogP contribution in [0.5, 0.6) is 0 Å². The van der Waals surface area contributed by atoms with Gasteiger partial charge < -0.3 is 9.13 Å². The zero-order valence-corrected chi connectivity index (χ0v) is 20.1. The fourth-order valence-electron chi connectivity index (χ4n) is 5.69. The van der Waals surface area contributed by atoms with Crippen molar-refractivity contribution in [3.05, 3.63) is 120 Å². The lowest BCUT2D eigenvalue weighted by atomic mass is 10.1. The molecule has 0 amide bonds. The topological polar surface area (TPSA) is 57.4 Å². The Labute approximate surface area is 213 Å². The highest BCUT2D eigenvalue weighted by atomic mass is 15.0. The number of nitriles is 2. The molecule has 4 heteroatoms. The van der Waals surface area contributed by atoms with Crippen LogP contribution in [0, 0.1) is 29.6 Å². The van der Waals surface area contributed by atoms with Crippen LogP contribution >= 0.6 is 0 Å². The molecule has 2 heterocycles. The molecule has 0 radical (unpaired) electrons. The van der Waals surface area contributed by atoms with Crippen molar-refractivity contribution in [2.24, 2.45) is 0 Å². The van der Waals surface area contributed by atoms with Crippen LogP contribution in [-0.2, 0) is 0 Å². The van der Waals surface area contributed by atoms with E-state index in [1.165, 1.54) is 0 Å². The van der Waals surface area contributed by atoms with E-state index in [0.29, 0.717) is 16.8 Å². The first-order valence-electron chi connectivity index (χ1n) is 12.2. The van der Waals surface area contributed by atoms with Crippen molar-refractivity contribution < 1.29 is 0 Å². The first-order chi connectivity index (χ1) is 18.2. The molecular formula is C33H20N4. The predicted octanol–water partition coefficient (Wildman–Crippen LogP) is 7.93. The molecule has 0 aliphatic carbocycles. The molecule has 0 fully saturated rings. The smallest absolute Gasteiger partial charge is 0.101 e. The van der Waals surface area contributed by atoms with Crippen molar-refractivity contribution in [1.82, 2.24) is 9.13 Å². The zero-order valence-electron chi connectivity index (χ0n) is 20.1. The number of para-hydroxylation sites is 3. The highest BCUT2D eigenvalue weighted by Gasteiger charge is 2.21. The Bertz CT molecular complexity index is 2040. The number of rotatable bonds is 2. The molecule has 0 spiro atoms. The minimum atomic E-state index is 0.458. The van der Waals surface area contributed by atoms with Crippen molar-refractivity contribution >= 4 is 43.6 Å². The molecule has 0 unspecified atom stereocenters. The fraction of sp³-hybridized carbons (Fsp3) is 0.0303. The van der Waals surface area contributed by atoms with Crippen molar-refractivity contribution in [2.45, 2.75) is 6.92 Å². The van der Waals surface area contributed by atoms with Crippen LogP contribution in [0.3, 0.4) is 0 Å². The molecule has 5 aromatic carbocycles. The van der Waals surface area contributed by atoms with Crippen LogP contribution in [0.1, 0.15) is 16.7 Å². The van der Waals surface area contributed by atoms with Gasteiger partial charge in [-0.15, -0.1) is 0 Å². The summed E-state index contributed by atoms with van der Waals surface area (Å²) in [5, 5.41) is 25.3. The van der Waals surface area contributed by atoms with E-state index in [-0.39, 0.29) is 0 Å². The number of nitrogens with zero attached hydrogens (tertiary/aromatic N) is 4. The lowest BCUT2D eigenvalue weighted by Gasteiger charge is -2.15. The summed E-state index contributed by atoms with van der Waals surface area (Å²) in [6.45, 7) is 2.08. The summed E-state index contributed by atoms with van der Waals surface area (Å²) in [6.07, 6.45) is 0. The predicted molar refractivity (Wildman–Crippen MR) is 149 cm³/mol. The Kier molecular flexibility index (Phi) is 4.46. The van der Waals surface area contributed by atoms with E-state index < -0.39 is 0 Å². The van der Waals surface area contributed by atoms with Gasteiger partial charge in [0, 0.05) is 27.2 Å². The Morgan fingerprint density at radius 2 is 0.973 bits per heavy atom. The average Bonchev–Trinajstić information content (AvgIpc) is 3.45. The fourth-order valence-corrected chi connectivity index (χ4v) is 5.69. The number of aryl methyl sites for hydroxylation is 1. The van der Waals surface area contributed by atoms with Gasteiger partial charge in [0.25, 0.3) is 0 Å². The SMILES string of the molecule is Cc1ccc2c(c1)c1ccccc1n2-c1c(C#N)cc(-n2c3ccccc3c3ccccc32)cc1C#N. The number of aromatic nitrogens is 2. The summed E-state index contributed by atoms with van der Waals surface area (Å²) >= 11 is 0. The summed E-state index contributed by atoms with van der Waals surface area (Å²) in [5.74, 6) is 0. The van der Waals surface area contributed by atoms with Crippen LogP contribution in [0.25, 0.3) is 55.0 Å². The van der Waals surface area contributed by atoms with Gasteiger partial charge in [-0.3, -0.25) is 0 Å². The summed E-state index contributed by atoms with van der Waals surface area (Å²) in [4.78, 5) is 0. The number of hydrogen-bond donors (Lipinski definition) is 0. The van der Waals surface area contributed by atoms with Crippen LogP contribution in [0.4, 0.5) is 0 Å². The molecule has 7 aromatic rings. The highest BCUT2D eigenvalue weighted by Crippen LogP contribution is 2.37. The van der Waals surface area contributed by atoms with E-state index in [1.54, 1.807) is 0 Å². The number of fused-ring (bicyclic) bond motifs is 6. The van der Waals surface area contributed by atoms with Crippen LogP contribution < -0.4 is 0 Å². The van der Waals surface area contributed by atoms with E-state index >= 15 is 0 Å². The maximum absolute atomic E-state index is 10.4. The second kappa shape index (κ2) is 7.85. The Balaban J connectivity index is 1.60. The molecule has 0 bridgehead atoms. The van der Waals surface area contributed by atoms with Gasteiger partial charge >= 0.3 is 0 Å². The van der Waals surface area contributed by atoms with Gasteiger partial charge in [-0.2, -0.15) is 10.5 Å². The molecular weight excluding hydrogens is 452 g/mol. The van der Waals surface area contributed by atoms with Gasteiger partial charge in [-0.25, -0.2) is 0 Å². The third-order valence-corrected chi connectivity index (χ3v) is 7.23. The molecule has 172 valence electrons. The number of hydrogen-bond acceptors (Lipinski definition) is 2. The van der Waals surface area contributed by atoms with Gasteiger partial charge in [0.1, 0.15) is 12.1 Å². The minimum absolute atomic E-state index is 0.458. The maximum atomic E-state index is 10.4. The average molecular weight is 473 g/mol. The van der Waals surface area contributed by atoms with Crippen molar-refractivity contribution in [3.63, 3.8) is 0 Å². The molecule has 2 aromatic heterocycles. The third kappa shape index (κ3) is 2.94. The van der Waals surface area contributed by atoms with E-state index in [0.717, 1.165) is 54.9 Å². The van der Waals surface area contributed by atoms with E-state index in [1.807, 2.05) is 54.6 Å².